The Kier molecular flexibility index (Phi) is 7.75. The number of nitrogens with one attached hydrogen (secondary N) is 1. The van der Waals surface area contributed by atoms with E-state index in [9.17, 15) is 9.59 Å². The first-order valence-corrected chi connectivity index (χ1v) is 15.5. The standard InChI is InChI=1S/C17H21N3O2.C17H22N2O2/c1-10-12-9-13-15-11(14(12)18-17(21)16(10)22-3)5-4-6-20(15)8-7-19(13)2;1-4-6-12-9-17(20)21-16-11-15-14(10-13(12)16)18(3)7-8-19(15)5-2/h9H,4-8H2,1-3H3,(H,18,21);9-11H,4-8H2,1-3H3. The highest BCUT2D eigenvalue weighted by Gasteiger charge is 2.29. The van der Waals surface area contributed by atoms with Crippen LogP contribution < -0.4 is 35.5 Å². The van der Waals surface area contributed by atoms with Crippen molar-refractivity contribution >= 4 is 44.6 Å². The van der Waals surface area contributed by atoms with Gasteiger partial charge in [0.15, 0.2) is 5.75 Å². The van der Waals surface area contributed by atoms with Crippen LogP contribution in [-0.2, 0) is 12.8 Å². The molecule has 0 amide bonds. The number of ether oxygens (including phenoxy) is 1. The third-order valence-electron chi connectivity index (χ3n) is 9.35. The van der Waals surface area contributed by atoms with Crippen LogP contribution in [0, 0.1) is 6.92 Å². The molecule has 43 heavy (non-hydrogen) atoms. The molecule has 0 saturated carbocycles. The number of aromatic nitrogens is 1. The molecular weight excluding hydrogens is 542 g/mol. The van der Waals surface area contributed by atoms with E-state index in [0.717, 1.165) is 98.1 Å². The van der Waals surface area contributed by atoms with Crippen LogP contribution in [0.3, 0.4) is 0 Å². The Hall–Kier alpha value is -4.14. The first-order valence-electron chi connectivity index (χ1n) is 15.5. The number of rotatable bonds is 4. The van der Waals surface area contributed by atoms with E-state index in [4.69, 9.17) is 9.15 Å². The zero-order valence-electron chi connectivity index (χ0n) is 26.3. The first-order chi connectivity index (χ1) is 20.7. The van der Waals surface area contributed by atoms with Crippen molar-refractivity contribution in [2.45, 2.75) is 46.5 Å². The van der Waals surface area contributed by atoms with Crippen molar-refractivity contribution in [2.75, 3.05) is 80.1 Å². The Morgan fingerprint density at radius 2 is 1.65 bits per heavy atom. The van der Waals surface area contributed by atoms with Gasteiger partial charge in [-0.05, 0) is 50.8 Å². The highest BCUT2D eigenvalue weighted by Crippen LogP contribution is 2.44. The summed E-state index contributed by atoms with van der Waals surface area (Å²) in [5, 5.41) is 2.17. The Morgan fingerprint density at radius 3 is 2.40 bits per heavy atom. The van der Waals surface area contributed by atoms with E-state index in [-0.39, 0.29) is 11.2 Å². The number of anilines is 4. The van der Waals surface area contributed by atoms with Crippen LogP contribution in [0.2, 0.25) is 0 Å². The SMILES string of the molecule is CCCc1cc(=O)oc2cc3c(cc12)N(C)CCN3CC.COc1c(C)c2cc3c4c(c2[nH]c1=O)CCCN4CCN3C. The van der Waals surface area contributed by atoms with Crippen LogP contribution in [0.15, 0.2) is 38.3 Å². The summed E-state index contributed by atoms with van der Waals surface area (Å²) in [6.45, 7) is 12.4. The summed E-state index contributed by atoms with van der Waals surface area (Å²) in [6.07, 6.45) is 4.09. The molecule has 228 valence electrons. The van der Waals surface area contributed by atoms with Gasteiger partial charge >= 0.3 is 5.63 Å². The Balaban J connectivity index is 0.000000153. The number of nitrogens with zero attached hydrogens (tertiary/aromatic N) is 4. The van der Waals surface area contributed by atoms with E-state index < -0.39 is 0 Å². The highest BCUT2D eigenvalue weighted by atomic mass is 16.5. The second kappa shape index (κ2) is 11.5. The minimum Gasteiger partial charge on any atom is -0.491 e. The minimum atomic E-state index is -0.252. The van der Waals surface area contributed by atoms with E-state index in [2.05, 4.69) is 64.7 Å². The molecule has 5 heterocycles. The van der Waals surface area contributed by atoms with Crippen LogP contribution in [0.5, 0.6) is 5.75 Å². The molecule has 9 nitrogen and oxygen atoms in total. The van der Waals surface area contributed by atoms with Gasteiger partial charge in [0.25, 0.3) is 5.56 Å². The number of H-pyrrole nitrogens is 1. The average Bonchev–Trinajstić information content (AvgIpc) is 2.99. The number of hydrogen-bond acceptors (Lipinski definition) is 8. The molecule has 3 aliphatic heterocycles. The van der Waals surface area contributed by atoms with Crippen LogP contribution in [-0.4, -0.2) is 65.5 Å². The lowest BCUT2D eigenvalue weighted by Crippen LogP contribution is -2.42. The lowest BCUT2D eigenvalue weighted by molar-refractivity contribution is 0.406. The van der Waals surface area contributed by atoms with Crippen LogP contribution in [0.4, 0.5) is 22.7 Å². The first kappa shape index (κ1) is 29.0. The maximum absolute atomic E-state index is 12.3. The fraction of sp³-hybridized carbons (Fsp3) is 0.471. The Labute approximate surface area is 252 Å². The molecule has 1 N–H and O–H groups in total. The minimum absolute atomic E-state index is 0.134. The molecular formula is C34H43N5O4. The van der Waals surface area contributed by atoms with Crippen LogP contribution >= 0.6 is 0 Å². The van der Waals surface area contributed by atoms with Gasteiger partial charge in [0.05, 0.1) is 35.4 Å². The number of methoxy groups -OCH3 is 1. The van der Waals surface area contributed by atoms with Crippen molar-refractivity contribution in [3.8, 4) is 5.75 Å². The van der Waals surface area contributed by atoms with Gasteiger partial charge < -0.3 is 33.7 Å². The van der Waals surface area contributed by atoms with Gasteiger partial charge in [-0.1, -0.05) is 13.3 Å². The molecule has 4 aromatic rings. The number of aryl methyl sites for hydroxylation is 3. The van der Waals surface area contributed by atoms with Crippen molar-refractivity contribution in [3.63, 3.8) is 0 Å². The topological polar surface area (TPSA) is 85.3 Å². The molecule has 0 aliphatic carbocycles. The second-order valence-corrected chi connectivity index (χ2v) is 11.9. The monoisotopic (exact) mass is 585 g/mol. The molecule has 9 heteroatoms. The average molecular weight is 586 g/mol. The summed E-state index contributed by atoms with van der Waals surface area (Å²) in [7, 11) is 5.82. The molecule has 0 saturated heterocycles. The molecule has 2 aromatic carbocycles. The molecule has 0 spiro atoms. The number of benzene rings is 2. The summed E-state index contributed by atoms with van der Waals surface area (Å²) in [5.41, 5.74) is 9.58. The van der Waals surface area contributed by atoms with Gasteiger partial charge in [0.1, 0.15) is 5.58 Å². The molecule has 7 rings (SSSR count). The Bertz CT molecular complexity index is 1810. The van der Waals surface area contributed by atoms with Crippen molar-refractivity contribution < 1.29 is 9.15 Å². The maximum atomic E-state index is 12.3. The second-order valence-electron chi connectivity index (χ2n) is 11.9. The number of fused-ring (bicyclic) bond motifs is 4. The van der Waals surface area contributed by atoms with Gasteiger partial charge in [-0.25, -0.2) is 4.79 Å². The number of pyridine rings is 1. The van der Waals surface area contributed by atoms with Gasteiger partial charge in [0.2, 0.25) is 0 Å². The Morgan fingerprint density at radius 1 is 0.907 bits per heavy atom. The predicted molar refractivity (Wildman–Crippen MR) is 177 cm³/mol. The smallest absolute Gasteiger partial charge is 0.336 e. The predicted octanol–water partition coefficient (Wildman–Crippen LogP) is 5.07. The van der Waals surface area contributed by atoms with Crippen molar-refractivity contribution in [1.82, 2.24) is 4.98 Å². The summed E-state index contributed by atoms with van der Waals surface area (Å²) < 4.78 is 10.7. The normalized spacial score (nSPS) is 15.8. The third-order valence-corrected chi connectivity index (χ3v) is 9.35. The maximum Gasteiger partial charge on any atom is 0.336 e. The van der Waals surface area contributed by atoms with E-state index in [1.165, 1.54) is 22.6 Å². The van der Waals surface area contributed by atoms with E-state index >= 15 is 0 Å². The fourth-order valence-electron chi connectivity index (χ4n) is 7.05. The largest absolute Gasteiger partial charge is 0.491 e. The number of aromatic amines is 1. The van der Waals surface area contributed by atoms with Crippen molar-refractivity contribution in [2.24, 2.45) is 0 Å². The number of likely N-dealkylation sites (N-methyl/N-ethyl adjacent to an activating group) is 3. The lowest BCUT2D eigenvalue weighted by Gasteiger charge is -2.41. The van der Waals surface area contributed by atoms with E-state index in [0.29, 0.717) is 11.3 Å². The highest BCUT2D eigenvalue weighted by molar-refractivity contribution is 5.98. The third kappa shape index (κ3) is 4.98. The molecule has 0 fully saturated rings. The van der Waals surface area contributed by atoms with E-state index in [1.807, 2.05) is 13.0 Å². The zero-order valence-corrected chi connectivity index (χ0v) is 26.3. The lowest BCUT2D eigenvalue weighted by atomic mass is 9.93. The van der Waals surface area contributed by atoms with Gasteiger partial charge in [-0.2, -0.15) is 0 Å². The fourth-order valence-corrected chi connectivity index (χ4v) is 7.05. The van der Waals surface area contributed by atoms with Gasteiger partial charge in [-0.3, -0.25) is 4.79 Å². The van der Waals surface area contributed by atoms with Crippen molar-refractivity contribution in [1.29, 1.82) is 0 Å². The van der Waals surface area contributed by atoms with Crippen LogP contribution in [0.1, 0.15) is 43.4 Å². The summed E-state index contributed by atoms with van der Waals surface area (Å²) in [5.74, 6) is 0.422. The molecule has 0 radical (unpaired) electrons. The molecule has 0 unspecified atom stereocenters. The summed E-state index contributed by atoms with van der Waals surface area (Å²) in [4.78, 5) is 36.5. The summed E-state index contributed by atoms with van der Waals surface area (Å²) in [6, 6.07) is 8.06. The zero-order chi connectivity index (χ0) is 30.4. The molecule has 0 bridgehead atoms. The quantitative estimate of drug-likeness (QED) is 0.333. The van der Waals surface area contributed by atoms with E-state index in [1.54, 1.807) is 13.2 Å². The van der Waals surface area contributed by atoms with Gasteiger partial charge in [0, 0.05) is 87.4 Å². The molecule has 0 atom stereocenters. The van der Waals surface area contributed by atoms with Crippen LogP contribution in [0.25, 0.3) is 21.9 Å². The summed E-state index contributed by atoms with van der Waals surface area (Å²) >= 11 is 0. The number of hydrogen-bond donors (Lipinski definition) is 1. The molecule has 2 aromatic heterocycles. The van der Waals surface area contributed by atoms with Crippen molar-refractivity contribution in [3.05, 3.63) is 61.7 Å². The van der Waals surface area contributed by atoms with Gasteiger partial charge in [-0.15, -0.1) is 0 Å². The molecule has 3 aliphatic rings.